The predicted molar refractivity (Wildman–Crippen MR) is 199 cm³/mol. The molecule has 0 aliphatic rings. The van der Waals surface area contributed by atoms with Crippen molar-refractivity contribution in [2.75, 3.05) is 0 Å². The van der Waals surface area contributed by atoms with Crippen LogP contribution in [0.25, 0.3) is 88.5 Å². The van der Waals surface area contributed by atoms with E-state index >= 15 is 0 Å². The van der Waals surface area contributed by atoms with Gasteiger partial charge in [-0.05, 0) is 30.3 Å². The Labute approximate surface area is 286 Å². The van der Waals surface area contributed by atoms with Crippen LogP contribution in [0.5, 0.6) is 0 Å². The third-order valence-electron chi connectivity index (χ3n) is 8.38. The van der Waals surface area contributed by atoms with Crippen LogP contribution in [0.4, 0.5) is 0 Å². The molecule has 9 aromatic rings. The highest BCUT2D eigenvalue weighted by Crippen LogP contribution is 2.36. The van der Waals surface area contributed by atoms with Crippen LogP contribution < -0.4 is 0 Å². The summed E-state index contributed by atoms with van der Waals surface area (Å²) in [6.07, 6.45) is 0. The van der Waals surface area contributed by atoms with E-state index in [-0.39, 0.29) is 0 Å². The third kappa shape index (κ3) is 5.62. The lowest BCUT2D eigenvalue weighted by Gasteiger charge is -2.11. The van der Waals surface area contributed by atoms with Gasteiger partial charge in [0.2, 0.25) is 0 Å². The topological polar surface area (TPSA) is 77.3 Å². The number of nitrogens with zero attached hydrogens (tertiary/aromatic N) is 6. The Bertz CT molecular complexity index is 2550. The van der Waals surface area contributed by atoms with E-state index in [0.717, 1.165) is 33.4 Å². The van der Waals surface area contributed by atoms with Gasteiger partial charge in [-0.3, -0.25) is 0 Å². The Balaban J connectivity index is 1.19. The van der Waals surface area contributed by atoms with Gasteiger partial charge in [-0.1, -0.05) is 127 Å². The molecule has 0 radical (unpaired) electrons. The lowest BCUT2D eigenvalue weighted by Crippen LogP contribution is -2.01. The molecule has 0 N–H and O–H groups in total. The largest absolute Gasteiger partial charge is 0.208 e. The number of hydrogen-bond donors (Lipinski definition) is 0. The molecule has 0 fully saturated rings. The number of fused-ring (bicyclic) bond motifs is 3. The monoisotopic (exact) mass is 646 g/mol. The van der Waals surface area contributed by atoms with Gasteiger partial charge in [-0.15, -0.1) is 11.3 Å². The zero-order valence-corrected chi connectivity index (χ0v) is 26.9. The van der Waals surface area contributed by atoms with Gasteiger partial charge in [0.05, 0.1) is 0 Å². The first-order chi connectivity index (χ1) is 24.2. The lowest BCUT2D eigenvalue weighted by atomic mass is 10.1. The van der Waals surface area contributed by atoms with Gasteiger partial charge in [0, 0.05) is 53.6 Å². The summed E-state index contributed by atoms with van der Waals surface area (Å²) in [5, 5.41) is 2.43. The van der Waals surface area contributed by atoms with Crippen molar-refractivity contribution < 1.29 is 0 Å². The van der Waals surface area contributed by atoms with Crippen LogP contribution in [0.1, 0.15) is 0 Å². The van der Waals surface area contributed by atoms with Crippen LogP contribution in [0, 0.1) is 0 Å². The first kappa shape index (κ1) is 28.8. The molecule has 0 bridgehead atoms. The zero-order chi connectivity index (χ0) is 32.6. The van der Waals surface area contributed by atoms with Gasteiger partial charge in [0.15, 0.2) is 34.9 Å². The van der Waals surface area contributed by atoms with Crippen LogP contribution in [0.2, 0.25) is 0 Å². The minimum atomic E-state index is 0.571. The first-order valence-electron chi connectivity index (χ1n) is 16.0. The highest BCUT2D eigenvalue weighted by molar-refractivity contribution is 7.25. The van der Waals surface area contributed by atoms with Gasteiger partial charge >= 0.3 is 0 Å². The van der Waals surface area contributed by atoms with E-state index in [1.54, 1.807) is 11.3 Å². The summed E-state index contributed by atoms with van der Waals surface area (Å²) in [5.74, 6) is 3.59. The molecule has 0 saturated carbocycles. The standard InChI is InChI=1S/C42H26N6S/c1-4-13-27(14-5-1)37-43-38(28-15-6-2-7-16-28)45-40(44-37)30-19-12-20-31(25-30)41-46-39(29-17-8-3-9-18-29)47-42(48-41)32-23-24-36-34(26-32)33-21-10-11-22-35(33)49-36/h1-26H. The lowest BCUT2D eigenvalue weighted by molar-refractivity contribution is 1.07. The smallest absolute Gasteiger partial charge is 0.164 e. The molecule has 0 aliphatic heterocycles. The average molecular weight is 647 g/mol. The minimum absolute atomic E-state index is 0.571. The summed E-state index contributed by atoms with van der Waals surface area (Å²) in [6, 6.07) is 53.0. The number of benzene rings is 6. The fourth-order valence-corrected chi connectivity index (χ4v) is 7.04. The molecule has 0 aliphatic carbocycles. The Hall–Kier alpha value is -6.44. The Morgan fingerprint density at radius 2 is 0.633 bits per heavy atom. The molecule has 49 heavy (non-hydrogen) atoms. The van der Waals surface area contributed by atoms with Crippen molar-refractivity contribution in [1.29, 1.82) is 0 Å². The summed E-state index contributed by atoms with van der Waals surface area (Å²) in [7, 11) is 0. The molecule has 9 rings (SSSR count). The molecule has 3 heterocycles. The zero-order valence-electron chi connectivity index (χ0n) is 26.1. The first-order valence-corrected chi connectivity index (χ1v) is 16.8. The maximum atomic E-state index is 5.06. The van der Waals surface area contributed by atoms with E-state index in [2.05, 4.69) is 42.5 Å². The Morgan fingerprint density at radius 1 is 0.265 bits per heavy atom. The summed E-state index contributed by atoms with van der Waals surface area (Å²) in [4.78, 5) is 29.8. The number of rotatable bonds is 6. The normalized spacial score (nSPS) is 11.3. The summed E-state index contributed by atoms with van der Waals surface area (Å²) in [5.41, 5.74) is 5.37. The maximum absolute atomic E-state index is 5.06. The molecule has 0 spiro atoms. The van der Waals surface area contributed by atoms with Crippen LogP contribution in [0.3, 0.4) is 0 Å². The van der Waals surface area contributed by atoms with Crippen molar-refractivity contribution in [3.05, 3.63) is 158 Å². The Kier molecular flexibility index (Phi) is 7.22. The fourth-order valence-electron chi connectivity index (χ4n) is 5.95. The van der Waals surface area contributed by atoms with Gasteiger partial charge < -0.3 is 0 Å². The average Bonchev–Trinajstić information content (AvgIpc) is 3.57. The van der Waals surface area contributed by atoms with Crippen molar-refractivity contribution in [1.82, 2.24) is 29.9 Å². The van der Waals surface area contributed by atoms with Crippen molar-refractivity contribution in [3.63, 3.8) is 0 Å². The minimum Gasteiger partial charge on any atom is -0.208 e. The van der Waals surface area contributed by atoms with Gasteiger partial charge in [-0.25, -0.2) is 29.9 Å². The number of thiophene rings is 1. The van der Waals surface area contributed by atoms with Crippen molar-refractivity contribution in [3.8, 4) is 68.3 Å². The second-order valence-electron chi connectivity index (χ2n) is 11.6. The molecule has 230 valence electrons. The second kappa shape index (κ2) is 12.3. The molecule has 7 heteroatoms. The van der Waals surface area contributed by atoms with Crippen LogP contribution >= 0.6 is 11.3 Å². The molecule has 0 amide bonds. The number of hydrogen-bond acceptors (Lipinski definition) is 7. The molecule has 0 atom stereocenters. The van der Waals surface area contributed by atoms with Crippen LogP contribution in [-0.4, -0.2) is 29.9 Å². The van der Waals surface area contributed by atoms with E-state index in [4.69, 9.17) is 29.9 Å². The second-order valence-corrected chi connectivity index (χ2v) is 12.7. The quantitative estimate of drug-likeness (QED) is 0.179. The van der Waals surface area contributed by atoms with E-state index in [1.165, 1.54) is 20.2 Å². The SMILES string of the molecule is c1ccc(-c2nc(-c3ccccc3)nc(-c3cccc(-c4nc(-c5ccccc5)nc(-c5ccc6sc7ccccc7c6c5)n4)c3)n2)cc1. The number of aromatic nitrogens is 6. The molecular formula is C42H26N6S. The molecule has 3 aromatic heterocycles. The molecular weight excluding hydrogens is 621 g/mol. The van der Waals surface area contributed by atoms with Crippen molar-refractivity contribution in [2.45, 2.75) is 0 Å². The Morgan fingerprint density at radius 3 is 1.12 bits per heavy atom. The highest BCUT2D eigenvalue weighted by atomic mass is 32.1. The molecule has 6 aromatic carbocycles. The van der Waals surface area contributed by atoms with Gasteiger partial charge in [-0.2, -0.15) is 0 Å². The summed E-state index contributed by atoms with van der Waals surface area (Å²) >= 11 is 1.79. The molecule has 6 nitrogen and oxygen atoms in total. The van der Waals surface area contributed by atoms with E-state index in [9.17, 15) is 0 Å². The predicted octanol–water partition coefficient (Wildman–Crippen LogP) is 10.4. The third-order valence-corrected chi connectivity index (χ3v) is 9.53. The van der Waals surface area contributed by atoms with Crippen molar-refractivity contribution >= 4 is 31.5 Å². The summed E-state index contributed by atoms with van der Waals surface area (Å²) < 4.78 is 2.49. The van der Waals surface area contributed by atoms with Gasteiger partial charge in [0.25, 0.3) is 0 Å². The highest BCUT2D eigenvalue weighted by Gasteiger charge is 2.16. The van der Waals surface area contributed by atoms with Crippen molar-refractivity contribution in [2.24, 2.45) is 0 Å². The van der Waals surface area contributed by atoms with Gasteiger partial charge in [0.1, 0.15) is 0 Å². The summed E-state index contributed by atoms with van der Waals surface area (Å²) in [6.45, 7) is 0. The maximum Gasteiger partial charge on any atom is 0.164 e. The molecule has 0 saturated heterocycles. The molecule has 0 unspecified atom stereocenters. The van der Waals surface area contributed by atoms with E-state index in [1.807, 2.05) is 115 Å². The van der Waals surface area contributed by atoms with E-state index < -0.39 is 0 Å². The van der Waals surface area contributed by atoms with Crippen LogP contribution in [0.15, 0.2) is 158 Å². The van der Waals surface area contributed by atoms with E-state index in [0.29, 0.717) is 34.9 Å². The van der Waals surface area contributed by atoms with Crippen LogP contribution in [-0.2, 0) is 0 Å². The fraction of sp³-hybridized carbons (Fsp3) is 0.